The largest absolute Gasteiger partial charge is 0.508 e. The van der Waals surface area contributed by atoms with Gasteiger partial charge in [0.1, 0.15) is 12.4 Å². The molecule has 3 aromatic carbocycles. The molecule has 1 aliphatic rings. The average molecular weight is 431 g/mol. The van der Waals surface area contributed by atoms with Gasteiger partial charge in [-0.05, 0) is 34.7 Å². The maximum atomic E-state index is 13.1. The molecule has 32 heavy (non-hydrogen) atoms. The third-order valence-electron chi connectivity index (χ3n) is 5.81. The van der Waals surface area contributed by atoms with Crippen molar-refractivity contribution in [2.45, 2.75) is 25.3 Å². The number of para-hydroxylation sites is 1. The maximum Gasteiger partial charge on any atom is 0.410 e. The molecule has 0 radical (unpaired) electrons. The lowest BCUT2D eigenvalue weighted by Gasteiger charge is -2.29. The minimum atomic E-state index is -1.34. The molecule has 6 nitrogen and oxygen atoms in total. The van der Waals surface area contributed by atoms with E-state index in [1.54, 1.807) is 12.1 Å². The first kappa shape index (κ1) is 21.4. The summed E-state index contributed by atoms with van der Waals surface area (Å²) in [6, 6.07) is 20.9. The monoisotopic (exact) mass is 431 g/mol. The van der Waals surface area contributed by atoms with E-state index in [4.69, 9.17) is 4.74 Å². The van der Waals surface area contributed by atoms with Gasteiger partial charge < -0.3 is 14.9 Å². The number of rotatable bonds is 7. The highest BCUT2D eigenvalue weighted by atomic mass is 16.6. The molecule has 0 bridgehead atoms. The number of benzene rings is 3. The summed E-state index contributed by atoms with van der Waals surface area (Å²) < 4.78 is 5.69. The van der Waals surface area contributed by atoms with Crippen LogP contribution in [0.5, 0.6) is 5.75 Å². The molecule has 0 aliphatic heterocycles. The highest BCUT2D eigenvalue weighted by molar-refractivity contribution is 5.83. The van der Waals surface area contributed by atoms with Gasteiger partial charge in [-0.15, -0.1) is 0 Å². The quantitative estimate of drug-likeness (QED) is 0.538. The van der Waals surface area contributed by atoms with Crippen LogP contribution in [0.3, 0.4) is 0 Å². The predicted octanol–water partition coefficient (Wildman–Crippen LogP) is 5.18. The molecule has 3 aromatic rings. The summed E-state index contributed by atoms with van der Waals surface area (Å²) in [6.07, 6.45) is -0.175. The fourth-order valence-corrected chi connectivity index (χ4v) is 4.40. The van der Waals surface area contributed by atoms with E-state index >= 15 is 0 Å². The number of phenolic OH excluding ortho intramolecular Hbond substituents is 1. The van der Waals surface area contributed by atoms with Crippen LogP contribution in [0.25, 0.3) is 11.1 Å². The number of nitrogens with zero attached hydrogens (tertiary/aromatic N) is 1. The van der Waals surface area contributed by atoms with Crippen LogP contribution in [-0.4, -0.2) is 40.3 Å². The summed E-state index contributed by atoms with van der Waals surface area (Å²) in [5.41, 5.74) is 4.55. The zero-order valence-electron chi connectivity index (χ0n) is 17.8. The van der Waals surface area contributed by atoms with Gasteiger partial charge in [-0.2, -0.15) is 0 Å². The molecule has 0 aromatic heterocycles. The Morgan fingerprint density at radius 1 is 0.938 bits per heavy atom. The van der Waals surface area contributed by atoms with E-state index in [-0.39, 0.29) is 30.4 Å². The summed E-state index contributed by atoms with van der Waals surface area (Å²) in [4.78, 5) is 26.4. The van der Waals surface area contributed by atoms with Crippen LogP contribution < -0.4 is 0 Å². The third kappa shape index (κ3) is 3.91. The van der Waals surface area contributed by atoms with Crippen molar-refractivity contribution in [3.8, 4) is 16.9 Å². The van der Waals surface area contributed by atoms with Gasteiger partial charge in [0.15, 0.2) is 6.04 Å². The Bertz CT molecular complexity index is 1100. The number of carboxylic acids is 1. The fraction of sp³-hybridized carbons (Fsp3) is 0.231. The van der Waals surface area contributed by atoms with E-state index in [9.17, 15) is 19.8 Å². The zero-order valence-corrected chi connectivity index (χ0v) is 17.8. The molecule has 0 saturated carbocycles. The number of carboxylic acid groups (broad SMARTS) is 1. The van der Waals surface area contributed by atoms with Crippen LogP contribution in [-0.2, 0) is 9.53 Å². The maximum absolute atomic E-state index is 13.1. The zero-order chi connectivity index (χ0) is 22.7. The summed E-state index contributed by atoms with van der Waals surface area (Å²) in [5.74, 6) is -1.52. The first-order valence-corrected chi connectivity index (χ1v) is 10.6. The van der Waals surface area contributed by atoms with Gasteiger partial charge in [-0.3, -0.25) is 4.90 Å². The van der Waals surface area contributed by atoms with Gasteiger partial charge >= 0.3 is 12.1 Å². The minimum absolute atomic E-state index is 0.0974. The molecule has 164 valence electrons. The number of hydrogen-bond donors (Lipinski definition) is 2. The van der Waals surface area contributed by atoms with E-state index in [2.05, 4.69) is 12.1 Å². The van der Waals surface area contributed by atoms with Crippen molar-refractivity contribution < 1.29 is 24.5 Å². The SMILES string of the molecule is CCCN(C(=O)OCC1c2ccccc2-c2ccccc21)C(C(=O)O)c1ccccc1O. The standard InChI is InChI=1S/C26H25NO5/c1-2-15-27(24(25(29)30)21-13-7-8-14-23(21)28)26(31)32-16-22-19-11-5-3-9-17(19)18-10-4-6-12-20(18)22/h3-14,22,24,28H,2,15-16H2,1H3,(H,29,30). The predicted molar refractivity (Wildman–Crippen MR) is 121 cm³/mol. The van der Waals surface area contributed by atoms with Crippen molar-refractivity contribution in [3.05, 3.63) is 89.5 Å². The van der Waals surface area contributed by atoms with Gasteiger partial charge in [0.25, 0.3) is 0 Å². The van der Waals surface area contributed by atoms with Gasteiger partial charge in [0, 0.05) is 18.0 Å². The first-order valence-electron chi connectivity index (χ1n) is 10.6. The fourth-order valence-electron chi connectivity index (χ4n) is 4.40. The highest BCUT2D eigenvalue weighted by Gasteiger charge is 2.35. The molecule has 6 heteroatoms. The van der Waals surface area contributed by atoms with Crippen molar-refractivity contribution in [1.29, 1.82) is 0 Å². The van der Waals surface area contributed by atoms with E-state index in [0.29, 0.717) is 6.42 Å². The molecule has 1 aliphatic carbocycles. The molecule has 4 rings (SSSR count). The number of fused-ring (bicyclic) bond motifs is 3. The Hall–Kier alpha value is -3.80. The number of hydrogen-bond acceptors (Lipinski definition) is 4. The number of carbonyl (C=O) groups is 2. The van der Waals surface area contributed by atoms with Crippen molar-refractivity contribution in [1.82, 2.24) is 4.90 Å². The van der Waals surface area contributed by atoms with Gasteiger partial charge in [-0.1, -0.05) is 73.7 Å². The second-order valence-corrected chi connectivity index (χ2v) is 7.80. The molecular weight excluding hydrogens is 406 g/mol. The molecule has 1 unspecified atom stereocenters. The Balaban J connectivity index is 1.59. The Morgan fingerprint density at radius 2 is 1.50 bits per heavy atom. The number of aromatic hydroxyl groups is 1. The van der Waals surface area contributed by atoms with E-state index < -0.39 is 18.1 Å². The van der Waals surface area contributed by atoms with E-state index in [1.807, 2.05) is 43.3 Å². The number of ether oxygens (including phenoxy) is 1. The van der Waals surface area contributed by atoms with Crippen LogP contribution in [0, 0.1) is 0 Å². The van der Waals surface area contributed by atoms with Crippen LogP contribution in [0.4, 0.5) is 4.79 Å². The van der Waals surface area contributed by atoms with Crippen molar-refractivity contribution in [2.75, 3.05) is 13.2 Å². The molecule has 1 amide bonds. The second-order valence-electron chi connectivity index (χ2n) is 7.80. The summed E-state index contributed by atoms with van der Waals surface area (Å²) in [7, 11) is 0. The number of carbonyl (C=O) groups excluding carboxylic acids is 1. The topological polar surface area (TPSA) is 87.1 Å². The first-order chi connectivity index (χ1) is 15.5. The number of amides is 1. The number of phenols is 1. The summed E-state index contributed by atoms with van der Waals surface area (Å²) in [5, 5.41) is 20.1. The molecule has 1 atom stereocenters. The van der Waals surface area contributed by atoms with Crippen LogP contribution in [0.15, 0.2) is 72.8 Å². The lowest BCUT2D eigenvalue weighted by Crippen LogP contribution is -2.40. The van der Waals surface area contributed by atoms with Crippen molar-refractivity contribution >= 4 is 12.1 Å². The van der Waals surface area contributed by atoms with Crippen molar-refractivity contribution in [2.24, 2.45) is 0 Å². The lowest BCUT2D eigenvalue weighted by atomic mass is 9.98. The van der Waals surface area contributed by atoms with E-state index in [1.165, 1.54) is 17.0 Å². The Labute approximate surface area is 186 Å². The second kappa shape index (κ2) is 9.14. The molecule has 2 N–H and O–H groups in total. The van der Waals surface area contributed by atoms with E-state index in [0.717, 1.165) is 22.3 Å². The molecule has 0 saturated heterocycles. The molecule has 0 fully saturated rings. The number of aliphatic carboxylic acids is 1. The minimum Gasteiger partial charge on any atom is -0.508 e. The van der Waals surface area contributed by atoms with Gasteiger partial charge in [0.05, 0.1) is 0 Å². The third-order valence-corrected chi connectivity index (χ3v) is 5.81. The Morgan fingerprint density at radius 3 is 2.06 bits per heavy atom. The van der Waals surface area contributed by atoms with Crippen molar-refractivity contribution in [3.63, 3.8) is 0 Å². The molecule has 0 spiro atoms. The van der Waals surface area contributed by atoms with Crippen LogP contribution in [0.1, 0.15) is 42.0 Å². The highest BCUT2D eigenvalue weighted by Crippen LogP contribution is 2.44. The average Bonchev–Trinajstić information content (AvgIpc) is 3.12. The molecular formula is C26H25NO5. The van der Waals surface area contributed by atoms with Crippen LogP contribution >= 0.6 is 0 Å². The lowest BCUT2D eigenvalue weighted by molar-refractivity contribution is -0.143. The smallest absolute Gasteiger partial charge is 0.410 e. The molecule has 0 heterocycles. The Kier molecular flexibility index (Phi) is 6.12. The van der Waals surface area contributed by atoms with Gasteiger partial charge in [0.2, 0.25) is 0 Å². The van der Waals surface area contributed by atoms with Gasteiger partial charge in [-0.25, -0.2) is 9.59 Å². The summed E-state index contributed by atoms with van der Waals surface area (Å²) >= 11 is 0. The summed E-state index contributed by atoms with van der Waals surface area (Å²) in [6.45, 7) is 2.13. The van der Waals surface area contributed by atoms with Crippen LogP contribution in [0.2, 0.25) is 0 Å². The normalized spacial score (nSPS) is 13.2.